The van der Waals surface area contributed by atoms with E-state index in [-0.39, 0.29) is 18.0 Å². The average molecular weight is 666 g/mol. The Morgan fingerprint density at radius 2 is 1.77 bits per heavy atom. The zero-order chi connectivity index (χ0) is 25.3. The van der Waals surface area contributed by atoms with Crippen molar-refractivity contribution >= 4 is 64.9 Å². The molecule has 0 amide bonds. The Hall–Kier alpha value is -2.36. The van der Waals surface area contributed by atoms with Crippen LogP contribution in [0.25, 0.3) is 10.9 Å². The van der Waals surface area contributed by atoms with Gasteiger partial charge in [0.1, 0.15) is 24.0 Å². The summed E-state index contributed by atoms with van der Waals surface area (Å²) in [6.45, 7) is 6.18. The van der Waals surface area contributed by atoms with Gasteiger partial charge in [0.15, 0.2) is 0 Å². The van der Waals surface area contributed by atoms with Gasteiger partial charge in [-0.2, -0.15) is 9.78 Å². The van der Waals surface area contributed by atoms with Gasteiger partial charge in [0.05, 0.1) is 26.1 Å². The molecule has 0 atom stereocenters. The van der Waals surface area contributed by atoms with Gasteiger partial charge in [0, 0.05) is 9.89 Å². The first-order chi connectivity index (χ1) is 16.5. The quantitative estimate of drug-likeness (QED) is 0.207. The Balaban J connectivity index is 1.68. The van der Waals surface area contributed by atoms with Gasteiger partial charge in [-0.25, -0.2) is 9.37 Å². The van der Waals surface area contributed by atoms with Gasteiger partial charge in [-0.15, -0.1) is 0 Å². The topological polar surface area (TPSA) is 56.5 Å². The lowest BCUT2D eigenvalue weighted by Gasteiger charge is -2.21. The van der Waals surface area contributed by atoms with E-state index in [0.29, 0.717) is 31.4 Å². The largest absolute Gasteiger partial charge is 0.487 e. The number of hydrogen-bond donors (Lipinski definition) is 0. The van der Waals surface area contributed by atoms with Crippen LogP contribution in [-0.4, -0.2) is 15.9 Å². The van der Waals surface area contributed by atoms with Crippen molar-refractivity contribution in [3.63, 3.8) is 0 Å². The summed E-state index contributed by atoms with van der Waals surface area (Å²) in [4.78, 5) is 18.1. The van der Waals surface area contributed by atoms with Crippen LogP contribution in [0.4, 0.5) is 4.39 Å². The van der Waals surface area contributed by atoms with E-state index < -0.39 is 5.41 Å². The molecule has 0 aliphatic heterocycles. The second-order valence-electron chi connectivity index (χ2n) is 8.94. The molecule has 0 saturated carbocycles. The molecule has 0 aliphatic rings. The minimum absolute atomic E-state index is 0.213. The summed E-state index contributed by atoms with van der Waals surface area (Å²) < 4.78 is 22.9. The molecule has 4 aromatic rings. The average Bonchev–Trinajstić information content (AvgIpc) is 2.77. The van der Waals surface area contributed by atoms with Gasteiger partial charge < -0.3 is 4.74 Å². The zero-order valence-electron chi connectivity index (χ0n) is 19.2. The van der Waals surface area contributed by atoms with Crippen LogP contribution < -0.4 is 10.3 Å². The van der Waals surface area contributed by atoms with Crippen LogP contribution in [0.5, 0.6) is 5.75 Å². The first kappa shape index (κ1) is 25.7. The lowest BCUT2D eigenvalue weighted by Crippen LogP contribution is -2.29. The van der Waals surface area contributed by atoms with E-state index in [4.69, 9.17) is 9.72 Å². The van der Waals surface area contributed by atoms with Gasteiger partial charge in [-0.1, -0.05) is 48.8 Å². The van der Waals surface area contributed by atoms with Crippen molar-refractivity contribution < 1.29 is 9.13 Å². The molecular formula is C26H21Br3FN3O2. The van der Waals surface area contributed by atoms with Crippen molar-refractivity contribution in [3.05, 3.63) is 101 Å². The number of aromatic nitrogens is 2. The maximum absolute atomic E-state index is 13.4. The Labute approximate surface area is 227 Å². The lowest BCUT2D eigenvalue weighted by molar-refractivity contribution is 0.301. The summed E-state index contributed by atoms with van der Waals surface area (Å²) >= 11 is 10.5. The number of rotatable bonds is 5. The fraction of sp³-hybridized carbons (Fsp3) is 0.192. The van der Waals surface area contributed by atoms with Crippen molar-refractivity contribution in [2.24, 2.45) is 5.10 Å². The highest BCUT2D eigenvalue weighted by molar-refractivity contribution is 9.11. The summed E-state index contributed by atoms with van der Waals surface area (Å²) in [5, 5.41) is 4.99. The smallest absolute Gasteiger partial charge is 0.282 e. The third kappa shape index (κ3) is 5.90. The van der Waals surface area contributed by atoms with E-state index >= 15 is 0 Å². The van der Waals surface area contributed by atoms with E-state index in [2.05, 4.69) is 52.9 Å². The lowest BCUT2D eigenvalue weighted by atomic mass is 9.95. The number of halogens is 4. The predicted octanol–water partition coefficient (Wildman–Crippen LogP) is 7.58. The second kappa shape index (κ2) is 10.3. The van der Waals surface area contributed by atoms with Crippen LogP contribution in [0.3, 0.4) is 0 Å². The summed E-state index contributed by atoms with van der Waals surface area (Å²) in [7, 11) is 0. The van der Waals surface area contributed by atoms with Gasteiger partial charge in [-0.05, 0) is 85.5 Å². The zero-order valence-corrected chi connectivity index (χ0v) is 23.9. The monoisotopic (exact) mass is 663 g/mol. The molecule has 0 aliphatic carbocycles. The fourth-order valence-electron chi connectivity index (χ4n) is 3.44. The molecule has 0 fully saturated rings. The van der Waals surface area contributed by atoms with Crippen molar-refractivity contribution in [1.82, 2.24) is 9.66 Å². The summed E-state index contributed by atoms with van der Waals surface area (Å²) in [5.41, 5.74) is 1.43. The second-order valence-corrected chi connectivity index (χ2v) is 11.6. The van der Waals surface area contributed by atoms with Crippen LogP contribution in [0.2, 0.25) is 0 Å². The van der Waals surface area contributed by atoms with Crippen molar-refractivity contribution in [2.45, 2.75) is 32.8 Å². The molecule has 0 spiro atoms. The molecule has 0 N–H and O–H groups in total. The molecule has 180 valence electrons. The van der Waals surface area contributed by atoms with Gasteiger partial charge >= 0.3 is 0 Å². The van der Waals surface area contributed by atoms with Crippen molar-refractivity contribution in [3.8, 4) is 5.75 Å². The number of ether oxygens (including phenoxy) is 1. The first-order valence-electron chi connectivity index (χ1n) is 10.7. The highest BCUT2D eigenvalue weighted by Gasteiger charge is 2.23. The van der Waals surface area contributed by atoms with E-state index in [1.54, 1.807) is 24.4 Å². The Bertz CT molecular complexity index is 1490. The molecule has 0 bridgehead atoms. The number of hydrogen-bond acceptors (Lipinski definition) is 4. The molecule has 1 heterocycles. The van der Waals surface area contributed by atoms with Crippen LogP contribution in [0.15, 0.2) is 77.9 Å². The number of nitrogens with zero attached hydrogens (tertiary/aromatic N) is 3. The summed E-state index contributed by atoms with van der Waals surface area (Å²) in [6, 6.07) is 15.4. The molecule has 0 saturated heterocycles. The third-order valence-electron chi connectivity index (χ3n) is 5.09. The fourth-order valence-corrected chi connectivity index (χ4v) is 5.25. The molecule has 0 radical (unpaired) electrons. The Morgan fingerprint density at radius 3 is 2.43 bits per heavy atom. The number of benzene rings is 3. The molecule has 5 nitrogen and oxygen atoms in total. The van der Waals surface area contributed by atoms with Gasteiger partial charge in [0.25, 0.3) is 5.56 Å². The maximum atomic E-state index is 13.4. The molecule has 3 aromatic carbocycles. The standard InChI is InChI=1S/C26H21Br3FN3O2/c1-26(2,3)25-32-22-8-7-17(27)12-19(22)24(34)33(25)31-13-16-10-20(28)23(21(29)11-16)35-14-15-5-4-6-18(30)9-15/h4-13H,14H2,1-3H3. The predicted molar refractivity (Wildman–Crippen MR) is 148 cm³/mol. The van der Waals surface area contributed by atoms with E-state index in [1.807, 2.05) is 45.0 Å². The molecule has 35 heavy (non-hydrogen) atoms. The van der Waals surface area contributed by atoms with Gasteiger partial charge in [-0.3, -0.25) is 4.79 Å². The highest BCUT2D eigenvalue weighted by Crippen LogP contribution is 2.35. The molecule has 1 aromatic heterocycles. The molecular weight excluding hydrogens is 645 g/mol. The van der Waals surface area contributed by atoms with E-state index in [0.717, 1.165) is 15.6 Å². The van der Waals surface area contributed by atoms with E-state index in [1.165, 1.54) is 16.8 Å². The normalized spacial score (nSPS) is 12.0. The summed E-state index contributed by atoms with van der Waals surface area (Å²) in [5.74, 6) is 0.828. The third-order valence-corrected chi connectivity index (χ3v) is 6.77. The van der Waals surface area contributed by atoms with Crippen LogP contribution in [0.1, 0.15) is 37.7 Å². The van der Waals surface area contributed by atoms with Crippen LogP contribution >= 0.6 is 47.8 Å². The Kier molecular flexibility index (Phi) is 7.59. The van der Waals surface area contributed by atoms with E-state index in [9.17, 15) is 9.18 Å². The van der Waals surface area contributed by atoms with Crippen molar-refractivity contribution in [1.29, 1.82) is 0 Å². The summed E-state index contributed by atoms with van der Waals surface area (Å²) in [6.07, 6.45) is 1.61. The highest BCUT2D eigenvalue weighted by atomic mass is 79.9. The van der Waals surface area contributed by atoms with Gasteiger partial charge in [0.2, 0.25) is 0 Å². The minimum atomic E-state index is -0.409. The molecule has 9 heteroatoms. The number of fused-ring (bicyclic) bond motifs is 1. The molecule has 0 unspecified atom stereocenters. The maximum Gasteiger partial charge on any atom is 0.282 e. The Morgan fingerprint density at radius 1 is 1.06 bits per heavy atom. The SMILES string of the molecule is CC(C)(C)c1nc2ccc(Br)cc2c(=O)n1N=Cc1cc(Br)c(OCc2cccc(F)c2)c(Br)c1. The molecule has 4 rings (SSSR count). The van der Waals surface area contributed by atoms with Crippen LogP contribution in [0, 0.1) is 5.82 Å². The van der Waals surface area contributed by atoms with Crippen molar-refractivity contribution in [2.75, 3.05) is 0 Å². The van der Waals surface area contributed by atoms with Crippen LogP contribution in [-0.2, 0) is 12.0 Å². The first-order valence-corrected chi connectivity index (χ1v) is 13.0. The minimum Gasteiger partial charge on any atom is -0.487 e.